The first-order chi connectivity index (χ1) is 11.6. The Morgan fingerprint density at radius 2 is 2.08 bits per heavy atom. The van der Waals surface area contributed by atoms with Crippen LogP contribution in [0.4, 0.5) is 0 Å². The number of rotatable bonds is 3. The summed E-state index contributed by atoms with van der Waals surface area (Å²) in [5.74, 6) is -1.71. The molecule has 8 heteroatoms. The highest BCUT2D eigenvalue weighted by atomic mass is 16.5. The fourth-order valence-corrected chi connectivity index (χ4v) is 2.60. The van der Waals surface area contributed by atoms with E-state index in [1.807, 2.05) is 0 Å². The van der Waals surface area contributed by atoms with Gasteiger partial charge in [-0.15, -0.1) is 0 Å². The summed E-state index contributed by atoms with van der Waals surface area (Å²) in [6.07, 6.45) is 3.55. The third kappa shape index (κ3) is 3.03. The maximum Gasteiger partial charge on any atom is 0.358 e. The van der Waals surface area contributed by atoms with Crippen molar-refractivity contribution in [3.8, 4) is 0 Å². The quantitative estimate of drug-likeness (QED) is 0.467. The van der Waals surface area contributed by atoms with Crippen LogP contribution in [0.25, 0.3) is 0 Å². The van der Waals surface area contributed by atoms with Gasteiger partial charge in [0.05, 0.1) is 19.3 Å². The van der Waals surface area contributed by atoms with Gasteiger partial charge in [0, 0.05) is 31.0 Å². The Bertz CT molecular complexity index is 785. The molecular formula is C16H16N4O4. The van der Waals surface area contributed by atoms with Crippen LogP contribution in [0.2, 0.25) is 0 Å². The number of carbonyl (C=O) groups excluding carboxylic acids is 3. The molecule has 2 aromatic rings. The van der Waals surface area contributed by atoms with E-state index in [0.29, 0.717) is 25.2 Å². The van der Waals surface area contributed by atoms with Gasteiger partial charge in [0.15, 0.2) is 5.69 Å². The van der Waals surface area contributed by atoms with E-state index in [9.17, 15) is 14.4 Å². The molecule has 0 aromatic carbocycles. The van der Waals surface area contributed by atoms with E-state index >= 15 is 0 Å². The van der Waals surface area contributed by atoms with Crippen molar-refractivity contribution in [1.82, 2.24) is 19.7 Å². The number of aromatic nitrogens is 3. The van der Waals surface area contributed by atoms with Crippen molar-refractivity contribution in [3.05, 3.63) is 47.5 Å². The molecule has 8 nitrogen and oxygen atoms in total. The van der Waals surface area contributed by atoms with E-state index < -0.39 is 17.7 Å². The van der Waals surface area contributed by atoms with Gasteiger partial charge in [0.1, 0.15) is 0 Å². The number of amides is 1. The standard InChI is InChI=1S/C16H16N4O4/c1-24-16(23)13-8-12-10-19(6-3-7-20(12)18-13)15(22)14(21)11-4-2-5-17-9-11/h2,4-5,8-9H,3,6-7,10H2,1H3. The van der Waals surface area contributed by atoms with Crippen LogP contribution in [0, 0.1) is 0 Å². The van der Waals surface area contributed by atoms with Crippen molar-refractivity contribution < 1.29 is 19.1 Å². The average Bonchev–Trinajstić information content (AvgIpc) is 2.92. The van der Waals surface area contributed by atoms with Crippen molar-refractivity contribution >= 4 is 17.7 Å². The second-order valence-electron chi connectivity index (χ2n) is 5.39. The van der Waals surface area contributed by atoms with Crippen LogP contribution in [-0.4, -0.2) is 51.0 Å². The van der Waals surface area contributed by atoms with Gasteiger partial charge in [-0.25, -0.2) is 4.79 Å². The summed E-state index contributed by atoms with van der Waals surface area (Å²) in [6, 6.07) is 4.76. The Kier molecular flexibility index (Phi) is 4.37. The number of ketones is 1. The minimum atomic E-state index is -0.593. The number of Topliss-reactive ketones (excluding diaryl/α,β-unsaturated/α-hetero) is 1. The number of fused-ring (bicyclic) bond motifs is 1. The predicted octanol–water partition coefficient (Wildman–Crippen LogP) is 0.680. The number of pyridine rings is 1. The minimum absolute atomic E-state index is 0.195. The fraction of sp³-hybridized carbons (Fsp3) is 0.312. The third-order valence-electron chi connectivity index (χ3n) is 3.81. The molecule has 1 aliphatic heterocycles. The number of nitrogens with zero attached hydrogens (tertiary/aromatic N) is 4. The van der Waals surface area contributed by atoms with E-state index in [4.69, 9.17) is 0 Å². The van der Waals surface area contributed by atoms with E-state index in [1.54, 1.807) is 29.1 Å². The van der Waals surface area contributed by atoms with Crippen LogP contribution in [0.15, 0.2) is 30.6 Å². The smallest absolute Gasteiger partial charge is 0.358 e. The Hall–Kier alpha value is -3.03. The van der Waals surface area contributed by atoms with Crippen molar-refractivity contribution in [1.29, 1.82) is 0 Å². The van der Waals surface area contributed by atoms with Crippen LogP contribution in [-0.2, 0) is 22.6 Å². The molecule has 1 aliphatic rings. The molecule has 0 bridgehead atoms. The first kappa shape index (κ1) is 15.9. The molecule has 24 heavy (non-hydrogen) atoms. The minimum Gasteiger partial charge on any atom is -0.464 e. The van der Waals surface area contributed by atoms with Crippen molar-refractivity contribution in [2.75, 3.05) is 13.7 Å². The molecule has 0 atom stereocenters. The molecule has 1 amide bonds. The molecular weight excluding hydrogens is 312 g/mol. The predicted molar refractivity (Wildman–Crippen MR) is 82.2 cm³/mol. The molecule has 0 spiro atoms. The van der Waals surface area contributed by atoms with Gasteiger partial charge in [0.2, 0.25) is 0 Å². The second-order valence-corrected chi connectivity index (χ2v) is 5.39. The van der Waals surface area contributed by atoms with Gasteiger partial charge in [-0.1, -0.05) is 0 Å². The SMILES string of the molecule is COC(=O)c1cc2n(n1)CCCN(C(=O)C(=O)c1cccnc1)C2. The van der Waals surface area contributed by atoms with Gasteiger partial charge >= 0.3 is 5.97 Å². The first-order valence-electron chi connectivity index (χ1n) is 7.49. The summed E-state index contributed by atoms with van der Waals surface area (Å²) in [7, 11) is 1.29. The summed E-state index contributed by atoms with van der Waals surface area (Å²) in [4.78, 5) is 41.7. The summed E-state index contributed by atoms with van der Waals surface area (Å²) < 4.78 is 6.33. The van der Waals surface area contributed by atoms with Crippen molar-refractivity contribution in [3.63, 3.8) is 0 Å². The zero-order valence-corrected chi connectivity index (χ0v) is 13.1. The fourth-order valence-electron chi connectivity index (χ4n) is 2.60. The highest BCUT2D eigenvalue weighted by Gasteiger charge is 2.27. The first-order valence-corrected chi connectivity index (χ1v) is 7.49. The van der Waals surface area contributed by atoms with Crippen molar-refractivity contribution in [2.45, 2.75) is 19.5 Å². The molecule has 0 N–H and O–H groups in total. The highest BCUT2D eigenvalue weighted by Crippen LogP contribution is 2.15. The molecule has 124 valence electrons. The van der Waals surface area contributed by atoms with Crippen LogP contribution < -0.4 is 0 Å². The Morgan fingerprint density at radius 1 is 1.25 bits per heavy atom. The van der Waals surface area contributed by atoms with Gasteiger partial charge in [-0.2, -0.15) is 5.10 Å². The highest BCUT2D eigenvalue weighted by molar-refractivity contribution is 6.42. The summed E-state index contributed by atoms with van der Waals surface area (Å²) in [5.41, 5.74) is 1.15. The van der Waals surface area contributed by atoms with E-state index in [2.05, 4.69) is 14.8 Å². The number of methoxy groups -OCH3 is 1. The van der Waals surface area contributed by atoms with Crippen LogP contribution in [0.1, 0.15) is 33.0 Å². The molecule has 3 heterocycles. The summed E-state index contributed by atoms with van der Waals surface area (Å²) >= 11 is 0. The maximum atomic E-state index is 12.5. The zero-order chi connectivity index (χ0) is 17.1. The van der Waals surface area contributed by atoms with Gasteiger partial charge in [-0.3, -0.25) is 19.3 Å². The van der Waals surface area contributed by atoms with E-state index in [-0.39, 0.29) is 17.8 Å². The lowest BCUT2D eigenvalue weighted by Crippen LogP contribution is -2.36. The molecule has 0 saturated heterocycles. The molecule has 0 unspecified atom stereocenters. The van der Waals surface area contributed by atoms with Crippen molar-refractivity contribution in [2.24, 2.45) is 0 Å². The third-order valence-corrected chi connectivity index (χ3v) is 3.81. The average molecular weight is 328 g/mol. The van der Waals surface area contributed by atoms with Crippen LogP contribution in [0.5, 0.6) is 0 Å². The van der Waals surface area contributed by atoms with Gasteiger partial charge in [-0.05, 0) is 24.6 Å². The van der Waals surface area contributed by atoms with Gasteiger partial charge < -0.3 is 9.64 Å². The Morgan fingerprint density at radius 3 is 2.79 bits per heavy atom. The van der Waals surface area contributed by atoms with Crippen LogP contribution >= 0.6 is 0 Å². The number of hydrogen-bond donors (Lipinski definition) is 0. The molecule has 0 fully saturated rings. The molecule has 2 aromatic heterocycles. The summed E-state index contributed by atoms with van der Waals surface area (Å²) in [5, 5.41) is 4.19. The molecule has 0 radical (unpaired) electrons. The zero-order valence-electron chi connectivity index (χ0n) is 13.1. The lowest BCUT2D eigenvalue weighted by atomic mass is 10.1. The lowest BCUT2D eigenvalue weighted by Gasteiger charge is -2.18. The molecule has 0 aliphatic carbocycles. The lowest BCUT2D eigenvalue weighted by molar-refractivity contribution is -0.127. The Balaban J connectivity index is 1.80. The normalized spacial score (nSPS) is 13.8. The number of aryl methyl sites for hydroxylation is 1. The molecule has 0 saturated carbocycles. The maximum absolute atomic E-state index is 12.5. The molecule has 3 rings (SSSR count). The van der Waals surface area contributed by atoms with Crippen LogP contribution in [0.3, 0.4) is 0 Å². The Labute approximate surface area is 138 Å². The number of esters is 1. The second kappa shape index (κ2) is 6.61. The van der Waals surface area contributed by atoms with E-state index in [0.717, 1.165) is 0 Å². The number of ether oxygens (including phenoxy) is 1. The number of hydrogen-bond acceptors (Lipinski definition) is 6. The topological polar surface area (TPSA) is 94.4 Å². The monoisotopic (exact) mass is 328 g/mol. The van der Waals surface area contributed by atoms with Gasteiger partial charge in [0.25, 0.3) is 11.7 Å². The summed E-state index contributed by atoms with van der Waals surface area (Å²) in [6.45, 7) is 1.23. The number of carbonyl (C=O) groups is 3. The largest absolute Gasteiger partial charge is 0.464 e. The van der Waals surface area contributed by atoms with E-state index in [1.165, 1.54) is 18.2 Å².